The lowest BCUT2D eigenvalue weighted by Gasteiger charge is -2.10. The zero-order valence-electron chi connectivity index (χ0n) is 17.7. The summed E-state index contributed by atoms with van der Waals surface area (Å²) in [6.45, 7) is 3.82. The molecule has 6 rings (SSSR count). The Morgan fingerprint density at radius 3 is 2.69 bits per heavy atom. The van der Waals surface area contributed by atoms with Gasteiger partial charge in [0.25, 0.3) is 0 Å². The largest absolute Gasteiger partial charge is 0.496 e. The van der Waals surface area contributed by atoms with Crippen molar-refractivity contribution in [1.82, 2.24) is 30.1 Å². The summed E-state index contributed by atoms with van der Waals surface area (Å²) in [4.78, 5) is 21.3. The first-order valence-corrected chi connectivity index (χ1v) is 10.1. The van der Waals surface area contributed by atoms with Crippen LogP contribution in [0.2, 0.25) is 0 Å². The molecule has 0 spiro atoms. The monoisotopic (exact) mass is 422 g/mol. The summed E-state index contributed by atoms with van der Waals surface area (Å²) in [5.41, 5.74) is 6.95. The van der Waals surface area contributed by atoms with Gasteiger partial charge in [0.05, 0.1) is 35.0 Å². The zero-order valence-corrected chi connectivity index (χ0v) is 17.7. The summed E-state index contributed by atoms with van der Waals surface area (Å²) in [6.07, 6.45) is 6.91. The Balaban J connectivity index is 1.69. The molecule has 0 saturated heterocycles. The maximum absolute atomic E-state index is 5.78. The molecule has 156 valence electrons. The molecule has 0 atom stereocenters. The number of pyridine rings is 2. The molecule has 1 N–H and O–H groups in total. The van der Waals surface area contributed by atoms with Gasteiger partial charge in [-0.15, -0.1) is 0 Å². The number of aromatic amines is 1. The lowest BCUT2D eigenvalue weighted by atomic mass is 9.99. The van der Waals surface area contributed by atoms with Gasteiger partial charge in [-0.1, -0.05) is 5.16 Å². The van der Waals surface area contributed by atoms with Gasteiger partial charge in [-0.2, -0.15) is 0 Å². The van der Waals surface area contributed by atoms with E-state index in [9.17, 15) is 0 Å². The van der Waals surface area contributed by atoms with Crippen molar-refractivity contribution in [2.24, 2.45) is 0 Å². The van der Waals surface area contributed by atoms with Gasteiger partial charge in [0.1, 0.15) is 23.5 Å². The average Bonchev–Trinajstić information content (AvgIpc) is 3.36. The van der Waals surface area contributed by atoms with E-state index in [1.54, 1.807) is 25.8 Å². The van der Waals surface area contributed by atoms with Gasteiger partial charge in [0, 0.05) is 46.0 Å². The normalized spacial score (nSPS) is 11.6. The van der Waals surface area contributed by atoms with Crippen LogP contribution >= 0.6 is 0 Å². The third-order valence-electron chi connectivity index (χ3n) is 5.81. The summed E-state index contributed by atoms with van der Waals surface area (Å²) in [7, 11) is 1.66. The van der Waals surface area contributed by atoms with Crippen LogP contribution in [0.5, 0.6) is 5.75 Å². The second kappa shape index (κ2) is 6.84. The summed E-state index contributed by atoms with van der Waals surface area (Å²) < 4.78 is 11.2. The minimum Gasteiger partial charge on any atom is -0.496 e. The third-order valence-corrected chi connectivity index (χ3v) is 5.81. The van der Waals surface area contributed by atoms with E-state index in [-0.39, 0.29) is 0 Å². The van der Waals surface area contributed by atoms with E-state index in [0.29, 0.717) is 0 Å². The molecular formula is C24H18N6O2. The van der Waals surface area contributed by atoms with Gasteiger partial charge in [-0.05, 0) is 38.1 Å². The lowest BCUT2D eigenvalue weighted by molar-refractivity contribution is 0.393. The van der Waals surface area contributed by atoms with E-state index in [0.717, 1.165) is 72.4 Å². The van der Waals surface area contributed by atoms with Crippen LogP contribution in [-0.4, -0.2) is 37.2 Å². The predicted octanol–water partition coefficient (Wildman–Crippen LogP) is 5.00. The third kappa shape index (κ3) is 2.59. The first-order chi connectivity index (χ1) is 15.7. The molecule has 0 radical (unpaired) electrons. The molecule has 8 heteroatoms. The van der Waals surface area contributed by atoms with Crippen LogP contribution in [0.1, 0.15) is 11.5 Å². The van der Waals surface area contributed by atoms with E-state index < -0.39 is 0 Å². The fraction of sp³-hybridized carbons (Fsp3) is 0.125. The number of aromatic nitrogens is 6. The summed E-state index contributed by atoms with van der Waals surface area (Å²) in [6, 6.07) is 7.92. The molecule has 0 amide bonds. The van der Waals surface area contributed by atoms with E-state index in [1.807, 2.05) is 38.2 Å². The van der Waals surface area contributed by atoms with Gasteiger partial charge in [0.2, 0.25) is 0 Å². The molecule has 6 aromatic rings. The van der Waals surface area contributed by atoms with Crippen molar-refractivity contribution in [1.29, 1.82) is 0 Å². The Labute approximate surface area is 182 Å². The molecule has 0 aliphatic carbocycles. The van der Waals surface area contributed by atoms with Crippen LogP contribution in [-0.2, 0) is 0 Å². The van der Waals surface area contributed by atoms with Crippen LogP contribution in [0.25, 0.3) is 55.2 Å². The Kier molecular flexibility index (Phi) is 3.94. The van der Waals surface area contributed by atoms with E-state index in [4.69, 9.17) is 9.26 Å². The average molecular weight is 422 g/mol. The Morgan fingerprint density at radius 1 is 0.969 bits per heavy atom. The van der Waals surface area contributed by atoms with E-state index in [1.165, 1.54) is 0 Å². The molecule has 0 saturated carbocycles. The van der Waals surface area contributed by atoms with E-state index in [2.05, 4.69) is 36.1 Å². The standard InChI is InChI=1S/C24H18N6O2/c1-12-21(13(2)32-30-12)16-8-19-15(9-20(16)31-3)22-23(27-11-28-24(22)29-19)14-4-7-26-18-5-6-25-10-17(14)18/h4-11H,1-3H3,(H,27,28,29). The van der Waals surface area contributed by atoms with Crippen molar-refractivity contribution in [3.63, 3.8) is 0 Å². The van der Waals surface area contributed by atoms with Crippen LogP contribution in [0.4, 0.5) is 0 Å². The highest BCUT2D eigenvalue weighted by Crippen LogP contribution is 2.41. The van der Waals surface area contributed by atoms with Gasteiger partial charge in [-0.3, -0.25) is 9.97 Å². The number of hydrogen-bond acceptors (Lipinski definition) is 7. The second-order valence-electron chi connectivity index (χ2n) is 7.62. The molecule has 0 bridgehead atoms. The van der Waals surface area contributed by atoms with Crippen molar-refractivity contribution in [3.8, 4) is 28.1 Å². The number of nitrogens with one attached hydrogen (secondary N) is 1. The van der Waals surface area contributed by atoms with Crippen molar-refractivity contribution in [3.05, 3.63) is 60.6 Å². The van der Waals surface area contributed by atoms with Crippen LogP contribution in [0.3, 0.4) is 0 Å². The Bertz CT molecular complexity index is 1620. The fourth-order valence-electron chi connectivity index (χ4n) is 4.38. The predicted molar refractivity (Wildman–Crippen MR) is 121 cm³/mol. The molecule has 8 nitrogen and oxygen atoms in total. The number of hydrogen-bond donors (Lipinski definition) is 1. The van der Waals surface area contributed by atoms with Crippen molar-refractivity contribution in [2.45, 2.75) is 13.8 Å². The van der Waals surface area contributed by atoms with Crippen LogP contribution < -0.4 is 4.74 Å². The smallest absolute Gasteiger partial charge is 0.142 e. The number of aryl methyl sites for hydroxylation is 2. The van der Waals surface area contributed by atoms with Crippen LogP contribution in [0.15, 0.2) is 53.7 Å². The first kappa shape index (κ1) is 18.4. The van der Waals surface area contributed by atoms with Gasteiger partial charge in [0.15, 0.2) is 0 Å². The van der Waals surface area contributed by atoms with Gasteiger partial charge >= 0.3 is 0 Å². The number of methoxy groups -OCH3 is 1. The Hall–Kier alpha value is -4.33. The number of benzene rings is 1. The minimum absolute atomic E-state index is 0.726. The summed E-state index contributed by atoms with van der Waals surface area (Å²) >= 11 is 0. The summed E-state index contributed by atoms with van der Waals surface area (Å²) in [5.74, 6) is 1.47. The second-order valence-corrected chi connectivity index (χ2v) is 7.62. The molecule has 0 fully saturated rings. The topological polar surface area (TPSA) is 103 Å². The molecule has 5 aromatic heterocycles. The number of H-pyrrole nitrogens is 1. The molecule has 0 aliphatic heterocycles. The van der Waals surface area contributed by atoms with Crippen molar-refractivity contribution >= 4 is 32.8 Å². The van der Waals surface area contributed by atoms with Crippen molar-refractivity contribution < 1.29 is 9.26 Å². The molecule has 5 heterocycles. The first-order valence-electron chi connectivity index (χ1n) is 10.1. The highest BCUT2D eigenvalue weighted by atomic mass is 16.5. The Morgan fingerprint density at radius 2 is 1.88 bits per heavy atom. The zero-order chi connectivity index (χ0) is 21.8. The quantitative estimate of drug-likeness (QED) is 0.428. The highest BCUT2D eigenvalue weighted by molar-refractivity contribution is 6.15. The number of fused-ring (bicyclic) bond motifs is 4. The van der Waals surface area contributed by atoms with Gasteiger partial charge < -0.3 is 14.2 Å². The van der Waals surface area contributed by atoms with Gasteiger partial charge in [-0.25, -0.2) is 9.97 Å². The number of ether oxygens (including phenoxy) is 1. The molecule has 1 aromatic carbocycles. The van der Waals surface area contributed by atoms with Crippen molar-refractivity contribution in [2.75, 3.05) is 7.11 Å². The van der Waals surface area contributed by atoms with E-state index >= 15 is 0 Å². The maximum Gasteiger partial charge on any atom is 0.142 e. The number of rotatable bonds is 3. The fourth-order valence-corrected chi connectivity index (χ4v) is 4.38. The number of nitrogens with zero attached hydrogens (tertiary/aromatic N) is 5. The maximum atomic E-state index is 5.78. The molecule has 0 unspecified atom stereocenters. The molecule has 0 aliphatic rings. The van der Waals surface area contributed by atoms with Crippen LogP contribution in [0, 0.1) is 13.8 Å². The molecular weight excluding hydrogens is 404 g/mol. The summed E-state index contributed by atoms with van der Waals surface area (Å²) in [5, 5.41) is 6.92. The SMILES string of the molecule is COc1cc2c(cc1-c1c(C)noc1C)[nH]c1ncnc(-c3ccnc4ccncc34)c12. The lowest BCUT2D eigenvalue weighted by Crippen LogP contribution is -1.92. The highest BCUT2D eigenvalue weighted by Gasteiger charge is 2.21. The molecule has 32 heavy (non-hydrogen) atoms. The minimum atomic E-state index is 0.726.